The van der Waals surface area contributed by atoms with E-state index < -0.39 is 32.5 Å². The number of amidine groups is 1. The number of amides is 1. The molecule has 2 aromatic rings. The standard InChI is InChI=1S/C21H25Cl2FN6O2S/c1-20(11-33(32)21(2,19(25)30-20)7-3-4-8-27-33)17-14(24)5-6-15(28-17)29-18(31)16-13(23)9-12(22)10-26-16/h5-6,9-10,27,32H,3-4,7-8,11H2,1-2H3,(H2,25,30)(H,28,29,31). The molecule has 0 radical (unpaired) electrons. The second-order valence-electron chi connectivity index (χ2n) is 8.66. The molecular formula is C21H25Cl2FN6O2S. The largest absolute Gasteiger partial charge is 0.386 e. The van der Waals surface area contributed by atoms with Crippen LogP contribution in [0.3, 0.4) is 0 Å². The number of nitrogens with zero attached hydrogens (tertiary/aromatic N) is 3. The molecule has 2 aromatic heterocycles. The molecule has 4 heterocycles. The van der Waals surface area contributed by atoms with Crippen molar-refractivity contribution in [3.63, 3.8) is 0 Å². The number of halogens is 3. The van der Waals surface area contributed by atoms with Gasteiger partial charge in [0.2, 0.25) is 0 Å². The summed E-state index contributed by atoms with van der Waals surface area (Å²) >= 11 is 11.9. The van der Waals surface area contributed by atoms with Gasteiger partial charge in [-0.2, -0.15) is 0 Å². The number of carbonyl (C=O) groups excluding carboxylic acids is 1. The highest BCUT2D eigenvalue weighted by Gasteiger charge is 2.55. The molecule has 33 heavy (non-hydrogen) atoms. The maximum atomic E-state index is 15.0. The summed E-state index contributed by atoms with van der Waals surface area (Å²) in [5.74, 6) is -0.738. The molecule has 1 fully saturated rings. The highest BCUT2D eigenvalue weighted by atomic mass is 35.5. The Balaban J connectivity index is 1.69. The van der Waals surface area contributed by atoms with E-state index in [1.807, 2.05) is 6.92 Å². The fourth-order valence-electron chi connectivity index (χ4n) is 4.26. The number of aromatic nitrogens is 2. The van der Waals surface area contributed by atoms with E-state index in [0.717, 1.165) is 12.8 Å². The predicted molar refractivity (Wildman–Crippen MR) is 131 cm³/mol. The van der Waals surface area contributed by atoms with Crippen LogP contribution in [0.25, 0.3) is 0 Å². The highest BCUT2D eigenvalue weighted by molar-refractivity contribution is 8.29. The molecule has 3 unspecified atom stereocenters. The van der Waals surface area contributed by atoms with Gasteiger partial charge in [-0.05, 0) is 44.9 Å². The van der Waals surface area contributed by atoms with E-state index in [0.29, 0.717) is 18.0 Å². The molecule has 8 nitrogen and oxygen atoms in total. The number of fused-ring (bicyclic) bond motifs is 1. The Labute approximate surface area is 202 Å². The Kier molecular flexibility index (Phi) is 6.34. The van der Waals surface area contributed by atoms with Crippen molar-refractivity contribution in [1.82, 2.24) is 14.7 Å². The van der Waals surface area contributed by atoms with E-state index in [1.165, 1.54) is 24.4 Å². The average Bonchev–Trinajstić information content (AvgIpc) is 2.88. The summed E-state index contributed by atoms with van der Waals surface area (Å²) in [7, 11) is -2.47. The van der Waals surface area contributed by atoms with Crippen molar-refractivity contribution in [2.45, 2.75) is 43.4 Å². The van der Waals surface area contributed by atoms with Crippen LogP contribution in [0.4, 0.5) is 10.2 Å². The van der Waals surface area contributed by atoms with E-state index in [1.54, 1.807) is 6.92 Å². The lowest BCUT2D eigenvalue weighted by Gasteiger charge is -2.54. The molecule has 0 bridgehead atoms. The van der Waals surface area contributed by atoms with E-state index in [4.69, 9.17) is 28.9 Å². The summed E-state index contributed by atoms with van der Waals surface area (Å²) < 4.78 is 29.2. The van der Waals surface area contributed by atoms with Gasteiger partial charge in [0.1, 0.15) is 34.4 Å². The molecule has 0 aromatic carbocycles. The van der Waals surface area contributed by atoms with Gasteiger partial charge < -0.3 is 15.6 Å². The van der Waals surface area contributed by atoms with Crippen molar-refractivity contribution >= 4 is 51.3 Å². The maximum absolute atomic E-state index is 15.0. The number of aliphatic imine (C=N–C) groups is 1. The number of rotatable bonds is 3. The number of pyridine rings is 2. The van der Waals surface area contributed by atoms with Crippen molar-refractivity contribution in [1.29, 1.82) is 0 Å². The van der Waals surface area contributed by atoms with Gasteiger partial charge in [-0.1, -0.05) is 40.1 Å². The van der Waals surface area contributed by atoms with Gasteiger partial charge in [-0.25, -0.2) is 14.4 Å². The molecule has 178 valence electrons. The minimum Gasteiger partial charge on any atom is -0.386 e. The summed E-state index contributed by atoms with van der Waals surface area (Å²) in [5, 5.41) is 2.94. The summed E-state index contributed by atoms with van der Waals surface area (Å²) in [6, 6.07) is 3.92. The summed E-state index contributed by atoms with van der Waals surface area (Å²) in [6.45, 7) is 4.24. The third-order valence-electron chi connectivity index (χ3n) is 6.19. The Morgan fingerprint density at radius 1 is 1.33 bits per heavy atom. The molecule has 1 amide bonds. The van der Waals surface area contributed by atoms with Gasteiger partial charge in [0.05, 0.1) is 14.8 Å². The molecule has 0 aliphatic carbocycles. The van der Waals surface area contributed by atoms with Crippen LogP contribution < -0.4 is 15.8 Å². The van der Waals surface area contributed by atoms with Gasteiger partial charge in [-0.15, -0.1) is 0 Å². The molecule has 0 saturated carbocycles. The van der Waals surface area contributed by atoms with Crippen molar-refractivity contribution in [2.24, 2.45) is 10.7 Å². The highest BCUT2D eigenvalue weighted by Crippen LogP contribution is 2.61. The van der Waals surface area contributed by atoms with Crippen molar-refractivity contribution in [3.8, 4) is 0 Å². The number of carbonyl (C=O) groups is 1. The van der Waals surface area contributed by atoms with E-state index in [9.17, 15) is 13.7 Å². The number of nitrogens with two attached hydrogens (primary N) is 1. The quantitative estimate of drug-likeness (QED) is 0.478. The monoisotopic (exact) mass is 514 g/mol. The van der Waals surface area contributed by atoms with Crippen LogP contribution in [0, 0.1) is 5.82 Å². The van der Waals surface area contributed by atoms with Crippen molar-refractivity contribution in [2.75, 3.05) is 17.6 Å². The molecule has 2 aliphatic rings. The summed E-state index contributed by atoms with van der Waals surface area (Å²) in [5.41, 5.74) is 5.09. The minimum atomic E-state index is -2.47. The smallest absolute Gasteiger partial charge is 0.276 e. The van der Waals surface area contributed by atoms with Gasteiger partial charge >= 0.3 is 0 Å². The number of hydrogen-bond donors (Lipinski definition) is 4. The lowest BCUT2D eigenvalue weighted by molar-refractivity contribution is 0.102. The lowest BCUT2D eigenvalue weighted by Crippen LogP contribution is -2.57. The van der Waals surface area contributed by atoms with Crippen LogP contribution in [0.1, 0.15) is 49.3 Å². The number of anilines is 1. The molecular weight excluding hydrogens is 490 g/mol. The third-order valence-corrected chi connectivity index (χ3v) is 10.2. The average molecular weight is 515 g/mol. The first-order valence-corrected chi connectivity index (χ1v) is 12.9. The zero-order chi connectivity index (χ0) is 24.0. The van der Waals surface area contributed by atoms with Crippen LogP contribution in [0.5, 0.6) is 0 Å². The first-order chi connectivity index (χ1) is 15.5. The second kappa shape index (κ2) is 8.66. The van der Waals surface area contributed by atoms with Crippen LogP contribution >= 0.6 is 33.7 Å². The minimum absolute atomic E-state index is 0.0209. The Morgan fingerprint density at radius 2 is 2.09 bits per heavy atom. The molecule has 4 rings (SSSR count). The van der Waals surface area contributed by atoms with Gasteiger partial charge in [0, 0.05) is 18.5 Å². The van der Waals surface area contributed by atoms with E-state index in [-0.39, 0.29) is 33.8 Å². The molecule has 12 heteroatoms. The third kappa shape index (κ3) is 4.30. The van der Waals surface area contributed by atoms with E-state index in [2.05, 4.69) is 25.0 Å². The Bertz CT molecular complexity index is 1150. The van der Waals surface area contributed by atoms with Crippen LogP contribution in [0.15, 0.2) is 29.4 Å². The Hall–Kier alpha value is -1.98. The fraction of sp³-hybridized carbons (Fsp3) is 0.429. The zero-order valence-corrected chi connectivity index (χ0v) is 20.5. The number of nitrogens with one attached hydrogen (secondary N) is 2. The molecule has 2 aliphatic heterocycles. The Morgan fingerprint density at radius 3 is 2.82 bits per heavy atom. The zero-order valence-electron chi connectivity index (χ0n) is 18.2. The summed E-state index contributed by atoms with van der Waals surface area (Å²) in [6.07, 6.45) is 3.80. The van der Waals surface area contributed by atoms with Crippen LogP contribution in [-0.4, -0.2) is 43.3 Å². The summed E-state index contributed by atoms with van der Waals surface area (Å²) in [4.78, 5) is 25.6. The predicted octanol–water partition coefficient (Wildman–Crippen LogP) is 4.49. The fourth-order valence-corrected chi connectivity index (χ4v) is 7.83. The molecule has 0 spiro atoms. The van der Waals surface area contributed by atoms with Crippen LogP contribution in [0.2, 0.25) is 10.0 Å². The molecule has 1 saturated heterocycles. The van der Waals surface area contributed by atoms with Crippen molar-refractivity contribution in [3.05, 3.63) is 51.6 Å². The van der Waals surface area contributed by atoms with Crippen molar-refractivity contribution < 1.29 is 13.7 Å². The van der Waals surface area contributed by atoms with Crippen LogP contribution in [-0.2, 0) is 5.54 Å². The number of hydrogen-bond acceptors (Lipinski definition) is 7. The van der Waals surface area contributed by atoms with Gasteiger partial charge in [-0.3, -0.25) is 14.5 Å². The normalized spacial score (nSPS) is 31.5. The van der Waals surface area contributed by atoms with Gasteiger partial charge in [0.25, 0.3) is 5.91 Å². The topological polar surface area (TPSA) is 126 Å². The SMILES string of the molecule is CC1(c2nc(NC(=O)c3ncc(Cl)cc3Cl)ccc2F)CS2(O)NCCCCC2(C)C(N)=N1. The molecule has 3 atom stereocenters. The first-order valence-electron chi connectivity index (χ1n) is 10.4. The lowest BCUT2D eigenvalue weighted by atomic mass is 9.96. The van der Waals surface area contributed by atoms with E-state index >= 15 is 0 Å². The first kappa shape index (κ1) is 24.2. The molecule has 5 N–H and O–H groups in total. The maximum Gasteiger partial charge on any atom is 0.276 e. The second-order valence-corrected chi connectivity index (χ2v) is 12.4. The van der Waals surface area contributed by atoms with Gasteiger partial charge in [0.15, 0.2) is 0 Å².